The van der Waals surface area contributed by atoms with Crippen LogP contribution < -0.4 is 0 Å². The SMILES string of the molecule is C[C@H]1CN(C(=O)c2cc3n(n2)CCC3)Cc2onc(C(C)(O)C(F)(F)F)c21. The lowest BCUT2D eigenvalue weighted by molar-refractivity contribution is -0.261. The number of amides is 1. The molecule has 2 aromatic heterocycles. The first-order chi connectivity index (χ1) is 12.6. The van der Waals surface area contributed by atoms with E-state index in [2.05, 4.69) is 10.3 Å². The minimum atomic E-state index is -4.89. The molecule has 2 aliphatic heterocycles. The Balaban J connectivity index is 1.61. The summed E-state index contributed by atoms with van der Waals surface area (Å²) in [5.74, 6) is -0.606. The minimum absolute atomic E-state index is 0.0123. The third kappa shape index (κ3) is 2.73. The average Bonchev–Trinajstić information content (AvgIpc) is 3.26. The van der Waals surface area contributed by atoms with Gasteiger partial charge in [-0.15, -0.1) is 0 Å². The molecule has 0 saturated heterocycles. The molecule has 0 fully saturated rings. The topological polar surface area (TPSA) is 84.4 Å². The summed E-state index contributed by atoms with van der Waals surface area (Å²) in [5.41, 5.74) is -2.11. The van der Waals surface area contributed by atoms with Crippen LogP contribution in [0.1, 0.15) is 59.4 Å². The van der Waals surface area contributed by atoms with E-state index >= 15 is 0 Å². The largest absolute Gasteiger partial charge is 0.422 e. The molecule has 2 aromatic rings. The van der Waals surface area contributed by atoms with E-state index in [-0.39, 0.29) is 30.3 Å². The monoisotopic (exact) mass is 384 g/mol. The molecule has 4 rings (SSSR count). The van der Waals surface area contributed by atoms with Crippen LogP contribution in [0.3, 0.4) is 0 Å². The molecule has 2 atom stereocenters. The number of halogens is 3. The highest BCUT2D eigenvalue weighted by atomic mass is 19.4. The van der Waals surface area contributed by atoms with Gasteiger partial charge in [0.25, 0.3) is 5.91 Å². The van der Waals surface area contributed by atoms with E-state index in [1.165, 1.54) is 4.90 Å². The van der Waals surface area contributed by atoms with Crippen LogP contribution in [0.5, 0.6) is 0 Å². The van der Waals surface area contributed by atoms with Gasteiger partial charge in [-0.1, -0.05) is 12.1 Å². The molecule has 0 aliphatic carbocycles. The fourth-order valence-corrected chi connectivity index (χ4v) is 3.78. The van der Waals surface area contributed by atoms with Gasteiger partial charge < -0.3 is 14.5 Å². The maximum atomic E-state index is 13.2. The lowest BCUT2D eigenvalue weighted by Gasteiger charge is -2.32. The van der Waals surface area contributed by atoms with Crippen molar-refractivity contribution in [3.63, 3.8) is 0 Å². The van der Waals surface area contributed by atoms with Gasteiger partial charge in [0.05, 0.1) is 6.54 Å². The number of aromatic nitrogens is 3. The second-order valence-electron chi connectivity index (χ2n) is 7.37. The molecule has 1 unspecified atom stereocenters. The minimum Gasteiger partial charge on any atom is -0.375 e. The normalized spacial score (nSPS) is 21.7. The van der Waals surface area contributed by atoms with Crippen LogP contribution in [0, 0.1) is 0 Å². The Hall–Kier alpha value is -2.36. The number of fused-ring (bicyclic) bond motifs is 2. The van der Waals surface area contributed by atoms with Crippen molar-refractivity contribution in [1.82, 2.24) is 19.8 Å². The van der Waals surface area contributed by atoms with Crippen LogP contribution in [0.15, 0.2) is 10.6 Å². The lowest BCUT2D eigenvalue weighted by atomic mass is 9.87. The van der Waals surface area contributed by atoms with Gasteiger partial charge in [0, 0.05) is 30.3 Å². The second kappa shape index (κ2) is 5.82. The second-order valence-corrected chi connectivity index (χ2v) is 7.37. The number of carbonyl (C=O) groups is 1. The highest BCUT2D eigenvalue weighted by molar-refractivity contribution is 5.92. The quantitative estimate of drug-likeness (QED) is 0.859. The summed E-state index contributed by atoms with van der Waals surface area (Å²) < 4.78 is 46.5. The van der Waals surface area contributed by atoms with E-state index in [0.717, 1.165) is 25.1 Å². The molecule has 27 heavy (non-hydrogen) atoms. The van der Waals surface area contributed by atoms with Crippen molar-refractivity contribution in [2.24, 2.45) is 0 Å². The van der Waals surface area contributed by atoms with Crippen molar-refractivity contribution in [3.8, 4) is 0 Å². The summed E-state index contributed by atoms with van der Waals surface area (Å²) in [5, 5.41) is 17.8. The molecule has 0 bridgehead atoms. The standard InChI is InChI=1S/C17H19F3N4O3/c1-9-7-23(15(25)11-6-10-4-3-5-24(10)21-11)8-12-13(9)14(22-27-12)16(2,26)17(18,19)20/h6,9,26H,3-5,7-8H2,1-2H3/t9-,16?/m0/s1. The number of hydrogen-bond acceptors (Lipinski definition) is 5. The van der Waals surface area contributed by atoms with E-state index < -0.39 is 23.4 Å². The van der Waals surface area contributed by atoms with Crippen LogP contribution in [0.2, 0.25) is 0 Å². The van der Waals surface area contributed by atoms with Crippen LogP contribution in [-0.2, 0) is 25.1 Å². The van der Waals surface area contributed by atoms with Crippen molar-refractivity contribution in [3.05, 3.63) is 34.5 Å². The van der Waals surface area contributed by atoms with E-state index in [0.29, 0.717) is 12.6 Å². The predicted molar refractivity (Wildman–Crippen MR) is 85.8 cm³/mol. The summed E-state index contributed by atoms with van der Waals surface area (Å²) in [7, 11) is 0. The van der Waals surface area contributed by atoms with Crippen LogP contribution in [0.4, 0.5) is 13.2 Å². The molecule has 7 nitrogen and oxygen atoms in total. The summed E-state index contributed by atoms with van der Waals surface area (Å²) in [6.07, 6.45) is -3.01. The van der Waals surface area contributed by atoms with E-state index in [1.807, 2.05) is 0 Å². The van der Waals surface area contributed by atoms with Crippen LogP contribution in [-0.4, -0.2) is 43.6 Å². The van der Waals surface area contributed by atoms with Crippen molar-refractivity contribution < 1.29 is 27.6 Å². The zero-order valence-corrected chi connectivity index (χ0v) is 14.9. The third-order valence-corrected chi connectivity index (χ3v) is 5.31. The van der Waals surface area contributed by atoms with Gasteiger partial charge in [-0.05, 0) is 25.8 Å². The molecular weight excluding hydrogens is 365 g/mol. The summed E-state index contributed by atoms with van der Waals surface area (Å²) in [6, 6.07) is 1.76. The average molecular weight is 384 g/mol. The Morgan fingerprint density at radius 2 is 2.15 bits per heavy atom. The Morgan fingerprint density at radius 1 is 1.41 bits per heavy atom. The van der Waals surface area contributed by atoms with Gasteiger partial charge in [0.1, 0.15) is 5.69 Å². The van der Waals surface area contributed by atoms with Gasteiger partial charge in [0.2, 0.25) is 5.60 Å². The highest BCUT2D eigenvalue weighted by Gasteiger charge is 2.55. The molecule has 1 amide bonds. The first-order valence-corrected chi connectivity index (χ1v) is 8.73. The van der Waals surface area contributed by atoms with Crippen LogP contribution in [0.25, 0.3) is 0 Å². The van der Waals surface area contributed by atoms with Crippen LogP contribution >= 0.6 is 0 Å². The summed E-state index contributed by atoms with van der Waals surface area (Å²) in [6.45, 7) is 3.29. The van der Waals surface area contributed by atoms with Crippen molar-refractivity contribution in [1.29, 1.82) is 0 Å². The van der Waals surface area contributed by atoms with Gasteiger partial charge in [0.15, 0.2) is 11.5 Å². The van der Waals surface area contributed by atoms with Crippen molar-refractivity contribution in [2.75, 3.05) is 6.54 Å². The summed E-state index contributed by atoms with van der Waals surface area (Å²) in [4.78, 5) is 14.3. The smallest absolute Gasteiger partial charge is 0.375 e. The number of carbonyl (C=O) groups excluding carboxylic acids is 1. The molecule has 0 spiro atoms. The number of hydrogen-bond donors (Lipinski definition) is 1. The van der Waals surface area contributed by atoms with E-state index in [9.17, 15) is 23.1 Å². The predicted octanol–water partition coefficient (Wildman–Crippen LogP) is 2.35. The van der Waals surface area contributed by atoms with Gasteiger partial charge in [-0.25, -0.2) is 0 Å². The molecule has 146 valence electrons. The molecule has 0 saturated carbocycles. The third-order valence-electron chi connectivity index (χ3n) is 5.31. The number of nitrogens with zero attached hydrogens (tertiary/aromatic N) is 4. The molecule has 4 heterocycles. The molecular formula is C17H19F3N4O3. The summed E-state index contributed by atoms with van der Waals surface area (Å²) >= 11 is 0. The zero-order valence-electron chi connectivity index (χ0n) is 14.9. The number of alkyl halides is 3. The fraction of sp³-hybridized carbons (Fsp3) is 0.588. The van der Waals surface area contributed by atoms with E-state index in [4.69, 9.17) is 4.52 Å². The molecule has 10 heteroatoms. The van der Waals surface area contributed by atoms with E-state index in [1.54, 1.807) is 17.7 Å². The van der Waals surface area contributed by atoms with Crippen molar-refractivity contribution in [2.45, 2.75) is 57.5 Å². The first-order valence-electron chi connectivity index (χ1n) is 8.73. The first kappa shape index (κ1) is 18.0. The molecule has 1 N–H and O–H groups in total. The number of rotatable bonds is 2. The Bertz CT molecular complexity index is 878. The number of aliphatic hydroxyl groups is 1. The molecule has 2 aliphatic rings. The molecule has 0 radical (unpaired) electrons. The Kier molecular flexibility index (Phi) is 3.88. The Labute approximate surface area is 152 Å². The van der Waals surface area contributed by atoms with Gasteiger partial charge in [-0.3, -0.25) is 9.48 Å². The maximum absolute atomic E-state index is 13.2. The maximum Gasteiger partial charge on any atom is 0.422 e. The van der Waals surface area contributed by atoms with Crippen molar-refractivity contribution >= 4 is 5.91 Å². The van der Waals surface area contributed by atoms with Gasteiger partial charge >= 0.3 is 6.18 Å². The number of aryl methyl sites for hydroxylation is 2. The molecule has 0 aromatic carbocycles. The Morgan fingerprint density at radius 3 is 2.81 bits per heavy atom. The van der Waals surface area contributed by atoms with Gasteiger partial charge in [-0.2, -0.15) is 18.3 Å². The lowest BCUT2D eigenvalue weighted by Crippen LogP contribution is -2.42. The fourth-order valence-electron chi connectivity index (χ4n) is 3.78. The zero-order chi connectivity index (χ0) is 19.6. The highest BCUT2D eigenvalue weighted by Crippen LogP contribution is 2.43.